The minimum atomic E-state index is -0.215. The number of nitrogens with one attached hydrogen (secondary N) is 1. The summed E-state index contributed by atoms with van der Waals surface area (Å²) in [6.45, 7) is 7.54. The molecule has 0 bridgehead atoms. The predicted octanol–water partition coefficient (Wildman–Crippen LogP) is 5.45. The second-order valence-electron chi connectivity index (χ2n) is 9.52. The maximum atomic E-state index is 13.3. The summed E-state index contributed by atoms with van der Waals surface area (Å²) in [4.78, 5) is 30.2. The number of amides is 2. The Bertz CT molecular complexity index is 1270. The van der Waals surface area contributed by atoms with E-state index in [9.17, 15) is 9.59 Å². The summed E-state index contributed by atoms with van der Waals surface area (Å²) in [6.07, 6.45) is 0. The number of carbonyl (C=O) groups is 2. The number of anilines is 2. The Balaban J connectivity index is 1.69. The molecule has 7 heteroatoms. The highest BCUT2D eigenvalue weighted by molar-refractivity contribution is 7.99. The van der Waals surface area contributed by atoms with Crippen LogP contribution in [0, 0.1) is 0 Å². The molecular formula is C28H31N3O3S. The highest BCUT2D eigenvalue weighted by atomic mass is 32.2. The molecule has 0 atom stereocenters. The van der Waals surface area contributed by atoms with Crippen molar-refractivity contribution in [1.82, 2.24) is 0 Å². The first kappa shape index (κ1) is 25.0. The topological polar surface area (TPSA) is 84.7 Å². The molecular weight excluding hydrogens is 458 g/mol. The Labute approximate surface area is 210 Å². The summed E-state index contributed by atoms with van der Waals surface area (Å²) >= 11 is 1.53. The van der Waals surface area contributed by atoms with Gasteiger partial charge in [-0.1, -0.05) is 56.8 Å². The third kappa shape index (κ3) is 5.27. The monoisotopic (exact) mass is 489 g/mol. The number of ether oxygens (including phenoxy) is 1. The fraction of sp³-hybridized carbons (Fsp3) is 0.286. The second-order valence-corrected chi connectivity index (χ2v) is 10.6. The molecule has 4 rings (SSSR count). The molecule has 1 aliphatic rings. The van der Waals surface area contributed by atoms with Gasteiger partial charge in [-0.05, 0) is 52.9 Å². The molecule has 0 unspecified atom stereocenters. The Morgan fingerprint density at radius 2 is 1.83 bits per heavy atom. The highest BCUT2D eigenvalue weighted by Gasteiger charge is 2.28. The first-order valence-electron chi connectivity index (χ1n) is 11.6. The van der Waals surface area contributed by atoms with Gasteiger partial charge in [0.05, 0.1) is 17.9 Å². The van der Waals surface area contributed by atoms with Gasteiger partial charge in [0.1, 0.15) is 0 Å². The van der Waals surface area contributed by atoms with Crippen LogP contribution in [0.1, 0.15) is 52.6 Å². The zero-order chi connectivity index (χ0) is 25.2. The third-order valence-corrected chi connectivity index (χ3v) is 7.11. The Hall–Kier alpha value is -3.13. The SMILES string of the molecule is COCCN1C(=O)c2ccccc2Sc2cc(NC(=O)c3ccc(CN)cc3C(C)(C)C)ccc21. The lowest BCUT2D eigenvalue weighted by molar-refractivity contribution is 0.0972. The van der Waals surface area contributed by atoms with Gasteiger partial charge in [0, 0.05) is 41.2 Å². The van der Waals surface area contributed by atoms with Crippen molar-refractivity contribution < 1.29 is 14.3 Å². The van der Waals surface area contributed by atoms with E-state index in [1.807, 2.05) is 60.7 Å². The molecule has 3 N–H and O–H groups in total. The van der Waals surface area contributed by atoms with Crippen molar-refractivity contribution in [2.45, 2.75) is 42.5 Å². The standard InChI is InChI=1S/C28H31N3O3S/c1-28(2,3)22-15-18(17-29)9-11-20(22)26(32)30-19-10-12-23-25(16-19)35-24-8-6-5-7-21(24)27(33)31(23)13-14-34-4/h5-12,15-16H,13-14,17,29H2,1-4H3,(H,30,32). The molecule has 0 saturated carbocycles. The largest absolute Gasteiger partial charge is 0.383 e. The fourth-order valence-corrected chi connectivity index (χ4v) is 5.26. The Kier molecular flexibility index (Phi) is 7.31. The Morgan fingerprint density at radius 1 is 1.06 bits per heavy atom. The lowest BCUT2D eigenvalue weighted by Crippen LogP contribution is -2.33. The molecule has 0 aromatic heterocycles. The first-order valence-corrected chi connectivity index (χ1v) is 12.4. The van der Waals surface area contributed by atoms with Crippen LogP contribution >= 0.6 is 11.8 Å². The van der Waals surface area contributed by atoms with Crippen molar-refractivity contribution in [3.63, 3.8) is 0 Å². The number of nitrogens with zero attached hydrogens (tertiary/aromatic N) is 1. The zero-order valence-corrected chi connectivity index (χ0v) is 21.4. The van der Waals surface area contributed by atoms with Gasteiger partial charge in [-0.15, -0.1) is 0 Å². The minimum Gasteiger partial charge on any atom is -0.383 e. The molecule has 3 aromatic rings. The highest BCUT2D eigenvalue weighted by Crippen LogP contribution is 2.42. The number of carbonyl (C=O) groups excluding carboxylic acids is 2. The third-order valence-electron chi connectivity index (χ3n) is 5.98. The van der Waals surface area contributed by atoms with Crippen LogP contribution in [0.15, 0.2) is 70.5 Å². The molecule has 0 radical (unpaired) electrons. The molecule has 0 aliphatic carbocycles. The van der Waals surface area contributed by atoms with Crippen LogP contribution in [-0.4, -0.2) is 32.1 Å². The molecule has 2 amide bonds. The number of hydrogen-bond acceptors (Lipinski definition) is 5. The van der Waals surface area contributed by atoms with Crippen LogP contribution in [0.2, 0.25) is 0 Å². The van der Waals surface area contributed by atoms with E-state index in [2.05, 4.69) is 26.1 Å². The van der Waals surface area contributed by atoms with Crippen LogP contribution in [0.3, 0.4) is 0 Å². The molecule has 1 aliphatic heterocycles. The molecule has 0 saturated heterocycles. The van der Waals surface area contributed by atoms with Gasteiger partial charge < -0.3 is 20.7 Å². The summed E-state index contributed by atoms with van der Waals surface area (Å²) in [5, 5.41) is 3.06. The van der Waals surface area contributed by atoms with E-state index in [-0.39, 0.29) is 17.2 Å². The van der Waals surface area contributed by atoms with E-state index >= 15 is 0 Å². The van der Waals surface area contributed by atoms with Gasteiger partial charge in [-0.25, -0.2) is 0 Å². The Morgan fingerprint density at radius 3 is 2.54 bits per heavy atom. The van der Waals surface area contributed by atoms with Gasteiger partial charge in [0.25, 0.3) is 11.8 Å². The molecule has 1 heterocycles. The number of fused-ring (bicyclic) bond motifs is 2. The van der Waals surface area contributed by atoms with Crippen LogP contribution in [-0.2, 0) is 16.7 Å². The normalized spacial score (nSPS) is 13.2. The van der Waals surface area contributed by atoms with Crippen LogP contribution in [0.5, 0.6) is 0 Å². The average molecular weight is 490 g/mol. The number of nitrogens with two attached hydrogens (primary N) is 1. The molecule has 0 fully saturated rings. The zero-order valence-electron chi connectivity index (χ0n) is 20.6. The summed E-state index contributed by atoms with van der Waals surface area (Å²) in [7, 11) is 1.62. The molecule has 3 aromatic carbocycles. The summed E-state index contributed by atoms with van der Waals surface area (Å²) < 4.78 is 5.25. The maximum Gasteiger partial charge on any atom is 0.259 e. The van der Waals surface area contributed by atoms with Gasteiger partial charge in [-0.3, -0.25) is 9.59 Å². The van der Waals surface area contributed by atoms with E-state index in [4.69, 9.17) is 10.5 Å². The lowest BCUT2D eigenvalue weighted by atomic mass is 9.82. The van der Waals surface area contributed by atoms with Crippen LogP contribution in [0.25, 0.3) is 0 Å². The van der Waals surface area contributed by atoms with E-state index < -0.39 is 0 Å². The second kappa shape index (κ2) is 10.2. The van der Waals surface area contributed by atoms with Crippen molar-refractivity contribution >= 4 is 35.0 Å². The molecule has 6 nitrogen and oxygen atoms in total. The quantitative estimate of drug-likeness (QED) is 0.481. The number of rotatable bonds is 6. The lowest BCUT2D eigenvalue weighted by Gasteiger charge is -2.24. The maximum absolute atomic E-state index is 13.3. The van der Waals surface area contributed by atoms with Gasteiger partial charge >= 0.3 is 0 Å². The van der Waals surface area contributed by atoms with Gasteiger partial charge in [0.2, 0.25) is 0 Å². The van der Waals surface area contributed by atoms with E-state index in [1.54, 1.807) is 12.0 Å². The van der Waals surface area contributed by atoms with E-state index in [1.165, 1.54) is 11.8 Å². The first-order chi connectivity index (χ1) is 16.7. The van der Waals surface area contributed by atoms with Crippen molar-refractivity contribution in [2.75, 3.05) is 30.5 Å². The van der Waals surface area contributed by atoms with Gasteiger partial charge in [0.15, 0.2) is 0 Å². The summed E-state index contributed by atoms with van der Waals surface area (Å²) in [5.74, 6) is -0.236. The summed E-state index contributed by atoms with van der Waals surface area (Å²) in [6, 6.07) is 19.0. The number of methoxy groups -OCH3 is 1. The minimum absolute atomic E-state index is 0.0597. The fourth-order valence-electron chi connectivity index (χ4n) is 4.14. The van der Waals surface area contributed by atoms with Crippen molar-refractivity contribution in [3.05, 3.63) is 82.9 Å². The average Bonchev–Trinajstić information content (AvgIpc) is 2.95. The smallest absolute Gasteiger partial charge is 0.259 e. The summed E-state index contributed by atoms with van der Waals surface area (Å²) in [5.41, 5.74) is 10.3. The number of benzene rings is 3. The molecule has 0 spiro atoms. The molecule has 35 heavy (non-hydrogen) atoms. The van der Waals surface area contributed by atoms with Crippen molar-refractivity contribution in [3.8, 4) is 0 Å². The van der Waals surface area contributed by atoms with Gasteiger partial charge in [-0.2, -0.15) is 0 Å². The molecule has 182 valence electrons. The predicted molar refractivity (Wildman–Crippen MR) is 142 cm³/mol. The van der Waals surface area contributed by atoms with Crippen LogP contribution in [0.4, 0.5) is 11.4 Å². The van der Waals surface area contributed by atoms with Crippen molar-refractivity contribution in [2.24, 2.45) is 5.73 Å². The van der Waals surface area contributed by atoms with E-state index in [0.29, 0.717) is 36.5 Å². The van der Waals surface area contributed by atoms with Crippen LogP contribution < -0.4 is 16.0 Å². The van der Waals surface area contributed by atoms with E-state index in [0.717, 1.165) is 26.6 Å². The number of hydrogen-bond donors (Lipinski definition) is 2. The van der Waals surface area contributed by atoms with Crippen molar-refractivity contribution in [1.29, 1.82) is 0 Å².